The third-order valence-electron chi connectivity index (χ3n) is 4.82. The van der Waals surface area contributed by atoms with Crippen molar-refractivity contribution in [3.05, 3.63) is 45.1 Å². The molecule has 2 aliphatic carbocycles. The second-order valence-corrected chi connectivity index (χ2v) is 31.8. The maximum absolute atomic E-state index is 3.57. The maximum Gasteiger partial charge on any atom is 4.00 e. The Hall–Kier alpha value is 1.29. The van der Waals surface area contributed by atoms with Gasteiger partial charge in [-0.1, -0.05) is 78.6 Å². The van der Waals surface area contributed by atoms with Gasteiger partial charge in [0.2, 0.25) is 0 Å². The van der Waals surface area contributed by atoms with E-state index in [1.807, 2.05) is 0 Å². The van der Waals surface area contributed by atoms with Crippen LogP contribution >= 0.6 is 0 Å². The van der Waals surface area contributed by atoms with Crippen molar-refractivity contribution in [3.8, 4) is 0 Å². The van der Waals surface area contributed by atoms with E-state index < -0.39 is 32.3 Å². The Morgan fingerprint density at radius 3 is 0.897 bits per heavy atom. The van der Waals surface area contributed by atoms with Gasteiger partial charge in [0.25, 0.3) is 0 Å². The van der Waals surface area contributed by atoms with Gasteiger partial charge in [-0.3, -0.25) is 12.2 Å². The maximum atomic E-state index is 3.57. The fourth-order valence-corrected chi connectivity index (χ4v) is 14.3. The Kier molecular flexibility index (Phi) is 15.1. The van der Waals surface area contributed by atoms with Gasteiger partial charge in [-0.25, -0.2) is 20.8 Å². The van der Waals surface area contributed by atoms with Gasteiger partial charge in [-0.05, 0) is 16.1 Å². The van der Waals surface area contributed by atoms with Crippen molar-refractivity contribution in [2.45, 2.75) is 91.4 Å². The first-order valence-electron chi connectivity index (χ1n) is 10.1. The van der Waals surface area contributed by atoms with E-state index in [-0.39, 0.29) is 51.0 Å². The Bertz CT molecular complexity index is 536. The summed E-state index contributed by atoms with van der Waals surface area (Å²) >= 11 is 0. The number of hydrogen-bond acceptors (Lipinski definition) is 0. The van der Waals surface area contributed by atoms with E-state index >= 15 is 0 Å². The van der Waals surface area contributed by atoms with Crippen molar-refractivity contribution >= 4 is 32.3 Å². The summed E-state index contributed by atoms with van der Waals surface area (Å²) in [5.74, 6) is 0. The molecule has 0 unspecified atom stereocenters. The first-order valence-corrected chi connectivity index (χ1v) is 24.1. The van der Waals surface area contributed by atoms with Gasteiger partial charge in [0.15, 0.2) is 0 Å². The van der Waals surface area contributed by atoms with Crippen molar-refractivity contribution in [2.75, 3.05) is 0 Å². The fraction of sp³-hybridized carbons (Fsp3) is 0.636. The molecule has 0 aromatic rings. The fourth-order valence-electron chi connectivity index (χ4n) is 3.61. The van der Waals surface area contributed by atoms with Crippen LogP contribution in [0.1, 0.15) is 12.8 Å². The summed E-state index contributed by atoms with van der Waals surface area (Å²) in [7, 11) is -4.45. The third-order valence-corrected chi connectivity index (χ3v) is 13.4. The van der Waals surface area contributed by atoms with E-state index in [1.54, 1.807) is 20.8 Å². The summed E-state index contributed by atoms with van der Waals surface area (Å²) in [5, 5.41) is 6.61. The molecule has 0 aromatic heterocycles. The van der Waals surface area contributed by atoms with E-state index in [0.717, 1.165) is 12.8 Å². The number of halogens is 2. The Balaban J connectivity index is -0.000000422. The molecular weight excluding hydrogens is 539 g/mol. The SMILES string of the molecule is C[Si](C)(C)C1=[C-]CC=C1[Si](C)(C)C.C[Si](C)(C)C1=[C-]CC=C1[Si](C)(C)C.[Cl-].[Cl-].[Zr+4]. The minimum atomic E-state index is -1.13. The van der Waals surface area contributed by atoms with Crippen molar-refractivity contribution in [3.63, 3.8) is 0 Å². The minimum Gasteiger partial charge on any atom is -1.00 e. The number of hydrogen-bond donors (Lipinski definition) is 0. The molecule has 0 saturated heterocycles. The molecule has 0 spiro atoms. The van der Waals surface area contributed by atoms with Crippen LogP contribution in [-0.4, -0.2) is 32.3 Å². The molecule has 0 heterocycles. The summed E-state index contributed by atoms with van der Waals surface area (Å²) in [4.78, 5) is 0. The quantitative estimate of drug-likeness (QED) is 0.350. The molecule has 0 bridgehead atoms. The van der Waals surface area contributed by atoms with E-state index in [4.69, 9.17) is 0 Å². The predicted octanol–water partition coefficient (Wildman–Crippen LogP) is 1.61. The zero-order valence-corrected chi connectivity index (χ0v) is 28.8. The van der Waals surface area contributed by atoms with Crippen LogP contribution in [0.25, 0.3) is 0 Å². The zero-order valence-electron chi connectivity index (χ0n) is 20.8. The molecule has 0 radical (unpaired) electrons. The first-order chi connectivity index (χ1) is 11.5. The molecule has 29 heavy (non-hydrogen) atoms. The van der Waals surface area contributed by atoms with Gasteiger partial charge in [-0.15, -0.1) is 12.8 Å². The Morgan fingerprint density at radius 2 is 0.759 bits per heavy atom. The summed E-state index contributed by atoms with van der Waals surface area (Å²) in [6.07, 6.45) is 14.1. The van der Waals surface area contributed by atoms with E-state index in [0.29, 0.717) is 0 Å². The van der Waals surface area contributed by atoms with Gasteiger partial charge in [-0.2, -0.15) is 12.2 Å². The monoisotopic (exact) mass is 578 g/mol. The molecule has 0 aliphatic heterocycles. The number of rotatable bonds is 4. The molecule has 0 nitrogen and oxygen atoms in total. The van der Waals surface area contributed by atoms with Gasteiger partial charge in [0.05, 0.1) is 0 Å². The predicted molar refractivity (Wildman–Crippen MR) is 132 cm³/mol. The molecule has 0 saturated carbocycles. The van der Waals surface area contributed by atoms with Crippen molar-refractivity contribution < 1.29 is 51.0 Å². The Labute approximate surface area is 218 Å². The summed E-state index contributed by atoms with van der Waals surface area (Å²) in [5.41, 5.74) is 0. The molecule has 0 amide bonds. The van der Waals surface area contributed by atoms with Crippen LogP contribution in [0.3, 0.4) is 0 Å². The van der Waals surface area contributed by atoms with E-state index in [1.165, 1.54) is 0 Å². The molecule has 2 aliphatic rings. The van der Waals surface area contributed by atoms with E-state index in [9.17, 15) is 0 Å². The normalized spacial score (nSPS) is 16.7. The van der Waals surface area contributed by atoms with Gasteiger partial charge in [0.1, 0.15) is 0 Å². The Morgan fingerprint density at radius 1 is 0.517 bits per heavy atom. The topological polar surface area (TPSA) is 0 Å². The van der Waals surface area contributed by atoms with Crippen molar-refractivity contribution in [1.82, 2.24) is 0 Å². The van der Waals surface area contributed by atoms with Crippen LogP contribution in [0.5, 0.6) is 0 Å². The van der Waals surface area contributed by atoms with Crippen LogP contribution in [0, 0.1) is 12.2 Å². The standard InChI is InChI=1S/2C11H21Si2.2ClH.Zr/c2*1-12(2,3)10-8-7-9-11(10)13(4,5)6;;;/h2*8H,7H2,1-6H3;2*1H;/q2*-1;;;+4/p-2. The molecule has 164 valence electrons. The van der Waals surface area contributed by atoms with Crippen molar-refractivity contribution in [1.29, 1.82) is 0 Å². The van der Waals surface area contributed by atoms with Crippen molar-refractivity contribution in [2.24, 2.45) is 0 Å². The van der Waals surface area contributed by atoms with Gasteiger partial charge < -0.3 is 24.8 Å². The van der Waals surface area contributed by atoms with Crippen LogP contribution in [-0.2, 0) is 26.2 Å². The molecule has 0 aromatic carbocycles. The van der Waals surface area contributed by atoms with Crippen LogP contribution < -0.4 is 24.8 Å². The van der Waals surface area contributed by atoms with Crippen LogP contribution in [0.15, 0.2) is 32.9 Å². The average molecular weight is 581 g/mol. The zero-order chi connectivity index (χ0) is 20.6. The smallest absolute Gasteiger partial charge is 1.00 e. The molecule has 0 fully saturated rings. The molecular formula is C22H42Cl2Si4Zr. The van der Waals surface area contributed by atoms with Gasteiger partial charge >= 0.3 is 26.2 Å². The number of allylic oxidation sites excluding steroid dienone is 8. The summed E-state index contributed by atoms with van der Waals surface area (Å²) in [6.45, 7) is 29.2. The second-order valence-electron chi connectivity index (χ2n) is 11.7. The molecule has 2 rings (SSSR count). The summed E-state index contributed by atoms with van der Waals surface area (Å²) < 4.78 is 0. The largest absolute Gasteiger partial charge is 4.00 e. The average Bonchev–Trinajstić information content (AvgIpc) is 3.06. The molecule has 0 N–H and O–H groups in total. The first kappa shape index (κ1) is 34.9. The minimum absolute atomic E-state index is 0. The molecule has 7 heteroatoms. The summed E-state index contributed by atoms with van der Waals surface area (Å²) in [6, 6.07) is 0. The van der Waals surface area contributed by atoms with E-state index in [2.05, 4.69) is 103 Å². The van der Waals surface area contributed by atoms with Crippen LogP contribution in [0.2, 0.25) is 78.6 Å². The van der Waals surface area contributed by atoms with Gasteiger partial charge in [0, 0.05) is 16.1 Å². The van der Waals surface area contributed by atoms with Crippen LogP contribution in [0.4, 0.5) is 0 Å². The third kappa shape index (κ3) is 10.6. The molecule has 0 atom stereocenters. The second kappa shape index (κ2) is 12.5.